The lowest BCUT2D eigenvalue weighted by Gasteiger charge is -2.34. The number of hydrogen-bond donors (Lipinski definition) is 1. The molecule has 0 aromatic heterocycles. The summed E-state index contributed by atoms with van der Waals surface area (Å²) in [6.07, 6.45) is 2.61. The topological polar surface area (TPSA) is 15.3 Å². The van der Waals surface area contributed by atoms with Crippen molar-refractivity contribution in [2.24, 2.45) is 5.92 Å². The van der Waals surface area contributed by atoms with Crippen LogP contribution in [0.2, 0.25) is 5.02 Å². The third-order valence-electron chi connectivity index (χ3n) is 3.87. The summed E-state index contributed by atoms with van der Waals surface area (Å²) in [5, 5.41) is 4.40. The zero-order chi connectivity index (χ0) is 13.1. The minimum absolute atomic E-state index is 0.465. The number of piperidine rings is 1. The van der Waals surface area contributed by atoms with Crippen LogP contribution in [0.15, 0.2) is 18.2 Å². The summed E-state index contributed by atoms with van der Waals surface area (Å²) < 4.78 is 0. The summed E-state index contributed by atoms with van der Waals surface area (Å²) in [4.78, 5) is 2.42. The lowest BCUT2D eigenvalue weighted by molar-refractivity contribution is 0.197. The molecule has 18 heavy (non-hydrogen) atoms. The van der Waals surface area contributed by atoms with Gasteiger partial charge in [-0.2, -0.15) is 0 Å². The van der Waals surface area contributed by atoms with Gasteiger partial charge < -0.3 is 10.2 Å². The molecule has 2 unspecified atom stereocenters. The van der Waals surface area contributed by atoms with Crippen LogP contribution < -0.4 is 5.32 Å². The molecule has 2 atom stereocenters. The van der Waals surface area contributed by atoms with Crippen molar-refractivity contribution < 1.29 is 0 Å². The van der Waals surface area contributed by atoms with E-state index in [4.69, 9.17) is 11.6 Å². The van der Waals surface area contributed by atoms with Gasteiger partial charge in [0.15, 0.2) is 0 Å². The number of likely N-dealkylation sites (tertiary alicyclic amines) is 1. The van der Waals surface area contributed by atoms with Crippen molar-refractivity contribution in [3.05, 3.63) is 28.8 Å². The van der Waals surface area contributed by atoms with Crippen LogP contribution in [-0.4, -0.2) is 31.1 Å². The molecule has 1 aromatic carbocycles. The molecule has 0 amide bonds. The Morgan fingerprint density at radius 3 is 2.94 bits per heavy atom. The molecule has 0 aliphatic carbocycles. The van der Waals surface area contributed by atoms with E-state index in [1.54, 1.807) is 0 Å². The van der Waals surface area contributed by atoms with E-state index >= 15 is 0 Å². The van der Waals surface area contributed by atoms with Crippen LogP contribution >= 0.6 is 11.6 Å². The second kappa shape index (κ2) is 5.94. The summed E-state index contributed by atoms with van der Waals surface area (Å²) in [7, 11) is 2.21. The normalized spacial score (nSPS) is 22.8. The van der Waals surface area contributed by atoms with Gasteiger partial charge in [0.2, 0.25) is 0 Å². The quantitative estimate of drug-likeness (QED) is 0.896. The monoisotopic (exact) mass is 266 g/mol. The van der Waals surface area contributed by atoms with Gasteiger partial charge in [0, 0.05) is 12.6 Å². The molecule has 100 valence electrons. The molecule has 0 bridgehead atoms. The number of anilines is 1. The van der Waals surface area contributed by atoms with Gasteiger partial charge in [-0.15, -0.1) is 0 Å². The van der Waals surface area contributed by atoms with Gasteiger partial charge in [-0.3, -0.25) is 0 Å². The summed E-state index contributed by atoms with van der Waals surface area (Å²) in [5.41, 5.74) is 2.31. The van der Waals surface area contributed by atoms with Gasteiger partial charge in [0.25, 0.3) is 0 Å². The highest BCUT2D eigenvalue weighted by atomic mass is 35.5. The fraction of sp³-hybridized carbons (Fsp3) is 0.600. The third kappa shape index (κ3) is 3.39. The summed E-state index contributed by atoms with van der Waals surface area (Å²) in [6.45, 7) is 6.77. The first kappa shape index (κ1) is 13.7. The molecule has 0 radical (unpaired) electrons. The maximum absolute atomic E-state index is 6.23. The second-order valence-electron chi connectivity index (χ2n) is 5.58. The Balaban J connectivity index is 2.01. The van der Waals surface area contributed by atoms with Crippen LogP contribution in [0.25, 0.3) is 0 Å². The van der Waals surface area contributed by atoms with E-state index in [0.29, 0.717) is 12.0 Å². The summed E-state index contributed by atoms with van der Waals surface area (Å²) >= 11 is 6.23. The lowest BCUT2D eigenvalue weighted by atomic mass is 9.91. The maximum Gasteiger partial charge on any atom is 0.0637 e. The molecule has 0 saturated carbocycles. The number of aryl methyl sites for hydroxylation is 1. The summed E-state index contributed by atoms with van der Waals surface area (Å²) in [6, 6.07) is 6.61. The number of benzene rings is 1. The van der Waals surface area contributed by atoms with Crippen molar-refractivity contribution in [1.82, 2.24) is 4.90 Å². The molecular formula is C15H23ClN2. The Hall–Kier alpha value is -0.730. The molecule has 0 spiro atoms. The van der Waals surface area contributed by atoms with Crippen LogP contribution in [0, 0.1) is 12.8 Å². The largest absolute Gasteiger partial charge is 0.381 e. The smallest absolute Gasteiger partial charge is 0.0637 e. The molecule has 1 aromatic rings. The predicted molar refractivity (Wildman–Crippen MR) is 79.5 cm³/mol. The molecule has 1 saturated heterocycles. The minimum atomic E-state index is 0.465. The molecule has 2 nitrogen and oxygen atoms in total. The molecule has 1 aliphatic rings. The van der Waals surface area contributed by atoms with Crippen LogP contribution in [-0.2, 0) is 0 Å². The minimum Gasteiger partial charge on any atom is -0.381 e. The van der Waals surface area contributed by atoms with E-state index in [1.807, 2.05) is 12.1 Å². The second-order valence-corrected chi connectivity index (χ2v) is 5.99. The van der Waals surface area contributed by atoms with Gasteiger partial charge in [-0.05, 0) is 63.9 Å². The molecule has 1 heterocycles. The van der Waals surface area contributed by atoms with Crippen LogP contribution in [0.3, 0.4) is 0 Å². The zero-order valence-corrected chi connectivity index (χ0v) is 12.3. The maximum atomic E-state index is 6.23. The van der Waals surface area contributed by atoms with Gasteiger partial charge in [-0.25, -0.2) is 0 Å². The molecular weight excluding hydrogens is 244 g/mol. The van der Waals surface area contributed by atoms with E-state index < -0.39 is 0 Å². The van der Waals surface area contributed by atoms with Crippen molar-refractivity contribution in [3.8, 4) is 0 Å². The Kier molecular flexibility index (Phi) is 4.52. The van der Waals surface area contributed by atoms with Crippen LogP contribution in [0.4, 0.5) is 5.69 Å². The van der Waals surface area contributed by atoms with Gasteiger partial charge in [-0.1, -0.05) is 17.7 Å². The highest BCUT2D eigenvalue weighted by Crippen LogP contribution is 2.27. The van der Waals surface area contributed by atoms with E-state index in [9.17, 15) is 0 Å². The highest BCUT2D eigenvalue weighted by molar-refractivity contribution is 6.33. The average molecular weight is 267 g/mol. The van der Waals surface area contributed by atoms with Crippen LogP contribution in [0.1, 0.15) is 25.3 Å². The van der Waals surface area contributed by atoms with Crippen molar-refractivity contribution in [3.63, 3.8) is 0 Å². The number of rotatable bonds is 3. The number of halogens is 1. The Morgan fingerprint density at radius 1 is 1.44 bits per heavy atom. The summed E-state index contributed by atoms with van der Waals surface area (Å²) in [5.74, 6) is 0.709. The first-order valence-electron chi connectivity index (χ1n) is 6.77. The van der Waals surface area contributed by atoms with E-state index in [1.165, 1.54) is 31.5 Å². The standard InChI is InChI=1S/C15H23ClN2/c1-11-6-7-14(16)15(9-11)17-12(2)13-5-4-8-18(3)10-13/h6-7,9,12-13,17H,4-5,8,10H2,1-3H3. The third-order valence-corrected chi connectivity index (χ3v) is 4.20. The van der Waals surface area contributed by atoms with Gasteiger partial charge >= 0.3 is 0 Å². The molecule has 1 fully saturated rings. The van der Waals surface area contributed by atoms with Crippen LogP contribution in [0.5, 0.6) is 0 Å². The molecule has 1 N–H and O–H groups in total. The molecule has 1 aliphatic heterocycles. The van der Waals surface area contributed by atoms with Crippen molar-refractivity contribution >= 4 is 17.3 Å². The van der Waals surface area contributed by atoms with Gasteiger partial charge in [0.1, 0.15) is 0 Å². The Bertz CT molecular complexity index is 405. The highest BCUT2D eigenvalue weighted by Gasteiger charge is 2.23. The Labute approximate surface area is 115 Å². The fourth-order valence-electron chi connectivity index (χ4n) is 2.73. The predicted octanol–water partition coefficient (Wildman–Crippen LogP) is 3.79. The Morgan fingerprint density at radius 2 is 2.22 bits per heavy atom. The van der Waals surface area contributed by atoms with Gasteiger partial charge in [0.05, 0.1) is 10.7 Å². The van der Waals surface area contributed by atoms with E-state index in [0.717, 1.165) is 10.7 Å². The van der Waals surface area contributed by atoms with E-state index in [-0.39, 0.29) is 0 Å². The SMILES string of the molecule is Cc1ccc(Cl)c(NC(C)C2CCCN(C)C2)c1. The average Bonchev–Trinajstić information content (AvgIpc) is 2.34. The number of nitrogens with one attached hydrogen (secondary N) is 1. The van der Waals surface area contributed by atoms with E-state index in [2.05, 4.69) is 37.2 Å². The van der Waals surface area contributed by atoms with Crippen molar-refractivity contribution in [1.29, 1.82) is 0 Å². The fourth-order valence-corrected chi connectivity index (χ4v) is 2.90. The number of nitrogens with zero attached hydrogens (tertiary/aromatic N) is 1. The lowest BCUT2D eigenvalue weighted by Crippen LogP contribution is -2.39. The van der Waals surface area contributed by atoms with Crippen molar-refractivity contribution in [2.45, 2.75) is 32.7 Å². The van der Waals surface area contributed by atoms with Crippen molar-refractivity contribution in [2.75, 3.05) is 25.5 Å². The number of hydrogen-bond acceptors (Lipinski definition) is 2. The molecule has 2 rings (SSSR count). The zero-order valence-electron chi connectivity index (χ0n) is 11.5. The first-order chi connectivity index (χ1) is 8.56. The molecule has 3 heteroatoms. The first-order valence-corrected chi connectivity index (χ1v) is 7.15.